The third kappa shape index (κ3) is 2.61. The topological polar surface area (TPSA) is 4.93 Å². The smallest absolute Gasteiger partial charge is 0.0629 e. The molecule has 5 aromatic carbocycles. The van der Waals surface area contributed by atoms with Crippen LogP contribution < -0.4 is 0 Å². The Hall–Kier alpha value is -4.10. The van der Waals surface area contributed by atoms with E-state index in [0.717, 1.165) is 33.4 Å². The van der Waals surface area contributed by atoms with Crippen LogP contribution in [-0.2, 0) is 5.41 Å². The molecule has 0 radical (unpaired) electrons. The van der Waals surface area contributed by atoms with Gasteiger partial charge in [-0.1, -0.05) is 92.6 Å². The van der Waals surface area contributed by atoms with Gasteiger partial charge in [-0.2, -0.15) is 0 Å². The van der Waals surface area contributed by atoms with E-state index in [-0.39, 0.29) is 41.2 Å². The van der Waals surface area contributed by atoms with E-state index in [4.69, 9.17) is 6.85 Å². The summed E-state index contributed by atoms with van der Waals surface area (Å²) in [5, 5.41) is 2.39. The summed E-state index contributed by atoms with van der Waals surface area (Å²) in [4.78, 5) is 0. The van der Waals surface area contributed by atoms with Gasteiger partial charge in [0.05, 0.1) is 17.9 Å². The van der Waals surface area contributed by atoms with Gasteiger partial charge in [0.1, 0.15) is 0 Å². The number of nitrogens with zero attached hydrogens (tertiary/aromatic N) is 1. The first kappa shape index (κ1) is 14.9. The lowest BCUT2D eigenvalue weighted by Gasteiger charge is -2.22. The van der Waals surface area contributed by atoms with Gasteiger partial charge in [0.15, 0.2) is 0 Å². The molecule has 0 unspecified atom stereocenters. The molecule has 1 aliphatic rings. The fraction of sp³-hybridized carbons (Fsp3) is 0.0909. The normalized spacial score (nSPS) is 15.9. The molecule has 0 amide bonds. The molecule has 162 valence electrons. The highest BCUT2D eigenvalue weighted by atomic mass is 15.0. The second-order valence-corrected chi connectivity index (χ2v) is 9.49. The molecule has 1 aliphatic carbocycles. The Kier molecular flexibility index (Phi) is 3.05. The number of hydrogen-bond acceptors (Lipinski definition) is 0. The molecule has 34 heavy (non-hydrogen) atoms. The minimum atomic E-state index is -0.375. The monoisotopic (exact) mass is 440 g/mol. The first-order chi connectivity index (χ1) is 18.7. The largest absolute Gasteiger partial charge is 0.309 e. The van der Waals surface area contributed by atoms with E-state index in [1.165, 1.54) is 16.3 Å². The van der Waals surface area contributed by atoms with Gasteiger partial charge in [0, 0.05) is 21.9 Å². The zero-order valence-electron chi connectivity index (χ0n) is 24.0. The minimum Gasteiger partial charge on any atom is -0.309 e. The van der Waals surface area contributed by atoms with Crippen LogP contribution in [0.4, 0.5) is 0 Å². The van der Waals surface area contributed by atoms with E-state index in [0.29, 0.717) is 5.56 Å². The average Bonchev–Trinajstić information content (AvgIpc) is 3.39. The molecular weight excluding hydrogens is 410 g/mol. The zero-order chi connectivity index (χ0) is 27.2. The van der Waals surface area contributed by atoms with Gasteiger partial charge in [-0.25, -0.2) is 0 Å². The van der Waals surface area contributed by atoms with Crippen molar-refractivity contribution < 1.29 is 6.85 Å². The van der Waals surface area contributed by atoms with Crippen molar-refractivity contribution in [2.24, 2.45) is 0 Å². The molecule has 0 aliphatic heterocycles. The first-order valence-corrected chi connectivity index (χ1v) is 11.6. The van der Waals surface area contributed by atoms with Crippen LogP contribution in [0.25, 0.3) is 49.7 Å². The zero-order valence-corrected chi connectivity index (χ0v) is 19.0. The maximum atomic E-state index is 8.48. The highest BCUT2D eigenvalue weighted by molar-refractivity contribution is 6.11. The van der Waals surface area contributed by atoms with Gasteiger partial charge >= 0.3 is 0 Å². The van der Waals surface area contributed by atoms with Gasteiger partial charge in [-0.3, -0.25) is 0 Å². The molecule has 1 nitrogen and oxygen atoms in total. The van der Waals surface area contributed by atoms with Gasteiger partial charge in [0.25, 0.3) is 0 Å². The second-order valence-electron chi connectivity index (χ2n) is 9.49. The molecule has 1 heteroatoms. The summed E-state index contributed by atoms with van der Waals surface area (Å²) in [5.41, 5.74) is 8.53. The van der Waals surface area contributed by atoms with Crippen LogP contribution in [0.5, 0.6) is 0 Å². The minimum absolute atomic E-state index is 0.177. The van der Waals surface area contributed by atoms with Crippen LogP contribution in [0, 0.1) is 0 Å². The first-order valence-electron chi connectivity index (χ1n) is 14.1. The molecular formula is C33H25N. The fourth-order valence-electron chi connectivity index (χ4n) is 5.60. The fourth-order valence-corrected chi connectivity index (χ4v) is 5.60. The van der Waals surface area contributed by atoms with Crippen LogP contribution in [0.3, 0.4) is 0 Å². The van der Waals surface area contributed by atoms with Crippen molar-refractivity contribution in [1.29, 1.82) is 0 Å². The molecule has 0 saturated heterocycles. The Morgan fingerprint density at radius 1 is 0.618 bits per heavy atom. The molecule has 0 N–H and O–H groups in total. The molecule has 0 atom stereocenters. The van der Waals surface area contributed by atoms with Gasteiger partial charge in [-0.15, -0.1) is 0 Å². The average molecular weight is 441 g/mol. The predicted molar refractivity (Wildman–Crippen MR) is 144 cm³/mol. The van der Waals surface area contributed by atoms with E-state index in [2.05, 4.69) is 79.1 Å². The molecule has 1 aromatic heterocycles. The summed E-state index contributed by atoms with van der Waals surface area (Å²) < 4.78 is 43.5. The highest BCUT2D eigenvalue weighted by Gasteiger charge is 2.36. The summed E-state index contributed by atoms with van der Waals surface area (Å²) in [5.74, 6) is 0. The van der Waals surface area contributed by atoms with Crippen molar-refractivity contribution in [2.75, 3.05) is 0 Å². The van der Waals surface area contributed by atoms with E-state index in [1.807, 2.05) is 24.3 Å². The predicted octanol–water partition coefficient (Wildman–Crippen LogP) is 8.76. The Bertz CT molecular complexity index is 1960. The van der Waals surface area contributed by atoms with Crippen LogP contribution in [0.15, 0.2) is 115 Å². The number of para-hydroxylation sites is 2. The van der Waals surface area contributed by atoms with Crippen LogP contribution in [-0.4, -0.2) is 4.57 Å². The SMILES string of the molecule is [2H]c1c([2H])c([2H])c(-c2ccc3c(c2)C(C)(C)c2cc4c5ccccc5n(-c5ccccc5)c4cc2-3)c([2H])c1[2H]. The Labute approximate surface area is 206 Å². The number of benzene rings is 5. The highest BCUT2D eigenvalue weighted by Crippen LogP contribution is 2.51. The molecule has 0 saturated carbocycles. The van der Waals surface area contributed by atoms with Gasteiger partial charge in [0.2, 0.25) is 0 Å². The number of fused-ring (bicyclic) bond motifs is 6. The van der Waals surface area contributed by atoms with Gasteiger partial charge in [-0.05, 0) is 69.8 Å². The van der Waals surface area contributed by atoms with Crippen LogP contribution >= 0.6 is 0 Å². The lowest BCUT2D eigenvalue weighted by Crippen LogP contribution is -2.15. The number of rotatable bonds is 2. The Morgan fingerprint density at radius 2 is 1.35 bits per heavy atom. The van der Waals surface area contributed by atoms with Crippen molar-refractivity contribution in [2.45, 2.75) is 19.3 Å². The van der Waals surface area contributed by atoms with E-state index in [9.17, 15) is 0 Å². The lowest BCUT2D eigenvalue weighted by atomic mass is 9.81. The Morgan fingerprint density at radius 3 is 2.18 bits per heavy atom. The van der Waals surface area contributed by atoms with Crippen molar-refractivity contribution in [3.8, 4) is 27.9 Å². The van der Waals surface area contributed by atoms with Crippen molar-refractivity contribution in [3.63, 3.8) is 0 Å². The lowest BCUT2D eigenvalue weighted by molar-refractivity contribution is 0.661. The third-order valence-corrected chi connectivity index (χ3v) is 7.27. The molecule has 0 spiro atoms. The van der Waals surface area contributed by atoms with E-state index >= 15 is 0 Å². The Balaban J connectivity index is 1.50. The summed E-state index contributed by atoms with van der Waals surface area (Å²) in [7, 11) is 0. The molecule has 1 heterocycles. The molecule has 6 aromatic rings. The molecule has 7 rings (SSSR count). The summed E-state index contributed by atoms with van der Waals surface area (Å²) >= 11 is 0. The van der Waals surface area contributed by atoms with Crippen LogP contribution in [0.2, 0.25) is 0 Å². The number of hydrogen-bond donors (Lipinski definition) is 0. The molecule has 0 bridgehead atoms. The van der Waals surface area contributed by atoms with Gasteiger partial charge < -0.3 is 4.57 Å². The standard InChI is InChI=1S/C33H25N/c1-33(2)29-19-23(22-11-5-3-6-12-22)17-18-25(29)27-21-32-28(20-30(27)33)26-15-9-10-16-31(26)34(32)24-13-7-4-8-14-24/h3-21H,1-2H3/i3D,5D,6D,11D,12D. The van der Waals surface area contributed by atoms with Crippen molar-refractivity contribution in [3.05, 3.63) is 126 Å². The van der Waals surface area contributed by atoms with E-state index < -0.39 is 0 Å². The van der Waals surface area contributed by atoms with Crippen molar-refractivity contribution >= 4 is 21.8 Å². The maximum absolute atomic E-state index is 8.48. The quantitative estimate of drug-likeness (QED) is 0.254. The summed E-state index contributed by atoms with van der Waals surface area (Å²) in [6.45, 7) is 4.40. The maximum Gasteiger partial charge on any atom is 0.0629 e. The molecule has 0 fully saturated rings. The second kappa shape index (κ2) is 6.95. The summed E-state index contributed by atoms with van der Waals surface area (Å²) in [6.07, 6.45) is 0. The van der Waals surface area contributed by atoms with Crippen molar-refractivity contribution in [1.82, 2.24) is 4.57 Å². The number of aromatic nitrogens is 1. The summed E-state index contributed by atoms with van der Waals surface area (Å²) in [6, 6.07) is 28.1. The third-order valence-electron chi connectivity index (χ3n) is 7.27. The van der Waals surface area contributed by atoms with E-state index in [1.54, 1.807) is 0 Å². The van der Waals surface area contributed by atoms with Crippen LogP contribution in [0.1, 0.15) is 31.8 Å².